The maximum atomic E-state index is 12.4. The zero-order valence-corrected chi connectivity index (χ0v) is 8.56. The Labute approximate surface area is 88.2 Å². The number of alkyl halides is 3. The predicted octanol–water partition coefficient (Wildman–Crippen LogP) is 2.71. The minimum atomic E-state index is -4.04. The van der Waals surface area contributed by atoms with Crippen molar-refractivity contribution in [1.29, 1.82) is 0 Å². The smallest absolute Gasteiger partial charge is 0.327 e. The third kappa shape index (κ3) is 3.42. The van der Waals surface area contributed by atoms with E-state index in [1.807, 2.05) is 0 Å². The SMILES string of the molecule is C#CCC(N)C1CCC(C(F)(F)F)CC1. The summed E-state index contributed by atoms with van der Waals surface area (Å²) in [7, 11) is 0. The standard InChI is InChI=1S/C11H16F3N/c1-2-3-10(15)8-4-6-9(7-5-8)11(12,13)14/h1,8-10H,3-7,15H2. The maximum Gasteiger partial charge on any atom is 0.391 e. The van der Waals surface area contributed by atoms with E-state index in [2.05, 4.69) is 5.92 Å². The first-order valence-corrected chi connectivity index (χ1v) is 5.21. The Morgan fingerprint density at radius 2 is 1.80 bits per heavy atom. The first-order chi connectivity index (χ1) is 6.95. The Balaban J connectivity index is 2.40. The zero-order chi connectivity index (χ0) is 11.5. The molecular weight excluding hydrogens is 203 g/mol. The van der Waals surface area contributed by atoms with Crippen LogP contribution in [0.25, 0.3) is 0 Å². The van der Waals surface area contributed by atoms with Crippen LogP contribution in [0.5, 0.6) is 0 Å². The van der Waals surface area contributed by atoms with Gasteiger partial charge in [-0.1, -0.05) is 0 Å². The van der Waals surface area contributed by atoms with E-state index in [1.165, 1.54) is 0 Å². The van der Waals surface area contributed by atoms with Gasteiger partial charge in [-0.3, -0.25) is 0 Å². The molecule has 1 saturated carbocycles. The summed E-state index contributed by atoms with van der Waals surface area (Å²) in [4.78, 5) is 0. The second-order valence-electron chi connectivity index (χ2n) is 4.23. The summed E-state index contributed by atoms with van der Waals surface area (Å²) in [6.45, 7) is 0. The van der Waals surface area contributed by atoms with Gasteiger partial charge in [0.05, 0.1) is 5.92 Å². The van der Waals surface area contributed by atoms with Crippen LogP contribution in [0.2, 0.25) is 0 Å². The van der Waals surface area contributed by atoms with Gasteiger partial charge >= 0.3 is 6.18 Å². The van der Waals surface area contributed by atoms with Crippen molar-refractivity contribution in [3.05, 3.63) is 0 Å². The topological polar surface area (TPSA) is 26.0 Å². The van der Waals surface area contributed by atoms with Crippen LogP contribution in [-0.2, 0) is 0 Å². The highest BCUT2D eigenvalue weighted by Gasteiger charge is 2.41. The third-order valence-corrected chi connectivity index (χ3v) is 3.19. The van der Waals surface area contributed by atoms with Crippen molar-refractivity contribution in [2.24, 2.45) is 17.6 Å². The molecule has 0 aromatic rings. The quantitative estimate of drug-likeness (QED) is 0.710. The molecule has 15 heavy (non-hydrogen) atoms. The highest BCUT2D eigenvalue weighted by Crippen LogP contribution is 2.40. The molecule has 0 radical (unpaired) electrons. The van der Waals surface area contributed by atoms with E-state index in [1.54, 1.807) is 0 Å². The molecule has 1 atom stereocenters. The molecule has 1 aliphatic rings. The monoisotopic (exact) mass is 219 g/mol. The summed E-state index contributed by atoms with van der Waals surface area (Å²) in [5.41, 5.74) is 5.79. The molecule has 0 bridgehead atoms. The second kappa shape index (κ2) is 4.89. The summed E-state index contributed by atoms with van der Waals surface area (Å²) in [6, 6.07) is -0.135. The first kappa shape index (κ1) is 12.4. The van der Waals surface area contributed by atoms with E-state index in [9.17, 15) is 13.2 Å². The Bertz CT molecular complexity index is 233. The molecule has 0 saturated heterocycles. The van der Waals surface area contributed by atoms with Gasteiger partial charge in [-0.25, -0.2) is 0 Å². The summed E-state index contributed by atoms with van der Waals surface area (Å²) < 4.78 is 37.1. The molecule has 0 aromatic heterocycles. The highest BCUT2D eigenvalue weighted by molar-refractivity contribution is 4.92. The van der Waals surface area contributed by atoms with Gasteiger partial charge < -0.3 is 5.73 Å². The van der Waals surface area contributed by atoms with Crippen molar-refractivity contribution in [2.45, 2.75) is 44.3 Å². The van der Waals surface area contributed by atoms with Gasteiger partial charge in [0.15, 0.2) is 0 Å². The first-order valence-electron chi connectivity index (χ1n) is 5.21. The van der Waals surface area contributed by atoms with Crippen molar-refractivity contribution >= 4 is 0 Å². The fourth-order valence-electron chi connectivity index (χ4n) is 2.18. The highest BCUT2D eigenvalue weighted by atomic mass is 19.4. The summed E-state index contributed by atoms with van der Waals surface area (Å²) in [5.74, 6) is 1.49. The van der Waals surface area contributed by atoms with Gasteiger partial charge in [-0.15, -0.1) is 12.3 Å². The fraction of sp³-hybridized carbons (Fsp3) is 0.818. The number of rotatable bonds is 2. The number of hydrogen-bond donors (Lipinski definition) is 1. The number of terminal acetylenes is 1. The van der Waals surface area contributed by atoms with Gasteiger partial charge in [-0.05, 0) is 31.6 Å². The zero-order valence-electron chi connectivity index (χ0n) is 8.56. The third-order valence-electron chi connectivity index (χ3n) is 3.19. The minimum absolute atomic E-state index is 0.135. The molecule has 86 valence electrons. The number of halogens is 3. The van der Waals surface area contributed by atoms with Crippen molar-refractivity contribution in [3.8, 4) is 12.3 Å². The van der Waals surface area contributed by atoms with Gasteiger partial charge in [-0.2, -0.15) is 13.2 Å². The lowest BCUT2D eigenvalue weighted by molar-refractivity contribution is -0.184. The van der Waals surface area contributed by atoms with E-state index >= 15 is 0 Å². The molecule has 0 aliphatic heterocycles. The molecule has 1 aliphatic carbocycles. The van der Waals surface area contributed by atoms with Crippen LogP contribution >= 0.6 is 0 Å². The lowest BCUT2D eigenvalue weighted by Gasteiger charge is -2.32. The normalized spacial score (nSPS) is 29.5. The van der Waals surface area contributed by atoms with Crippen molar-refractivity contribution in [3.63, 3.8) is 0 Å². The van der Waals surface area contributed by atoms with Crippen LogP contribution in [0.15, 0.2) is 0 Å². The van der Waals surface area contributed by atoms with E-state index in [0.717, 1.165) is 0 Å². The lowest BCUT2D eigenvalue weighted by atomic mass is 9.78. The van der Waals surface area contributed by atoms with E-state index in [-0.39, 0.29) is 24.8 Å². The van der Waals surface area contributed by atoms with Crippen LogP contribution in [0.1, 0.15) is 32.1 Å². The van der Waals surface area contributed by atoms with E-state index in [0.29, 0.717) is 19.3 Å². The van der Waals surface area contributed by atoms with Gasteiger partial charge in [0.2, 0.25) is 0 Å². The largest absolute Gasteiger partial charge is 0.391 e. The van der Waals surface area contributed by atoms with Crippen molar-refractivity contribution < 1.29 is 13.2 Å². The van der Waals surface area contributed by atoms with Gasteiger partial charge in [0, 0.05) is 12.5 Å². The molecule has 1 unspecified atom stereocenters. The Morgan fingerprint density at radius 3 is 2.20 bits per heavy atom. The molecule has 0 aromatic carbocycles. The molecule has 0 amide bonds. The molecule has 0 spiro atoms. The minimum Gasteiger partial charge on any atom is -0.327 e. The molecule has 1 fully saturated rings. The van der Waals surface area contributed by atoms with E-state index in [4.69, 9.17) is 12.2 Å². The Hall–Kier alpha value is -0.690. The molecule has 4 heteroatoms. The Kier molecular flexibility index (Phi) is 4.04. The average molecular weight is 219 g/mol. The van der Waals surface area contributed by atoms with Gasteiger partial charge in [0.25, 0.3) is 0 Å². The van der Waals surface area contributed by atoms with Crippen LogP contribution in [0.4, 0.5) is 13.2 Å². The molecule has 1 nitrogen and oxygen atoms in total. The summed E-state index contributed by atoms with van der Waals surface area (Å²) in [6.07, 6.45) is 3.04. The number of nitrogens with two attached hydrogens (primary N) is 1. The fourth-order valence-corrected chi connectivity index (χ4v) is 2.18. The van der Waals surface area contributed by atoms with Crippen LogP contribution in [0, 0.1) is 24.2 Å². The van der Waals surface area contributed by atoms with Crippen molar-refractivity contribution in [1.82, 2.24) is 0 Å². The number of hydrogen-bond acceptors (Lipinski definition) is 1. The summed E-state index contributed by atoms with van der Waals surface area (Å²) >= 11 is 0. The predicted molar refractivity (Wildman–Crippen MR) is 52.9 cm³/mol. The molecule has 0 heterocycles. The van der Waals surface area contributed by atoms with Crippen LogP contribution < -0.4 is 5.73 Å². The molecule has 1 rings (SSSR count). The van der Waals surface area contributed by atoms with Crippen LogP contribution in [-0.4, -0.2) is 12.2 Å². The molecule has 2 N–H and O–H groups in total. The van der Waals surface area contributed by atoms with E-state index < -0.39 is 12.1 Å². The summed E-state index contributed by atoms with van der Waals surface area (Å²) in [5, 5.41) is 0. The average Bonchev–Trinajstić information content (AvgIpc) is 2.17. The van der Waals surface area contributed by atoms with Crippen molar-refractivity contribution in [2.75, 3.05) is 0 Å². The Morgan fingerprint density at radius 1 is 1.27 bits per heavy atom. The second-order valence-corrected chi connectivity index (χ2v) is 4.23. The van der Waals surface area contributed by atoms with Gasteiger partial charge in [0.1, 0.15) is 0 Å². The lowest BCUT2D eigenvalue weighted by Crippen LogP contribution is -2.35. The molecular formula is C11H16F3N. The van der Waals surface area contributed by atoms with Crippen LogP contribution in [0.3, 0.4) is 0 Å². The maximum absolute atomic E-state index is 12.4.